The maximum absolute atomic E-state index is 12.4. The van der Waals surface area contributed by atoms with Crippen molar-refractivity contribution in [3.63, 3.8) is 0 Å². The highest BCUT2D eigenvalue weighted by Crippen LogP contribution is 2.20. The van der Waals surface area contributed by atoms with Crippen LogP contribution in [-0.4, -0.2) is 38.1 Å². The van der Waals surface area contributed by atoms with E-state index in [9.17, 15) is 18.0 Å². The second kappa shape index (κ2) is 8.46. The third kappa shape index (κ3) is 5.55. The molecule has 0 radical (unpaired) electrons. The molecule has 136 valence electrons. The lowest BCUT2D eigenvalue weighted by Crippen LogP contribution is -2.47. The smallest absolute Gasteiger partial charge is 0.253 e. The first-order chi connectivity index (χ1) is 11.8. The minimum atomic E-state index is -3.82. The molecule has 7 nitrogen and oxygen atoms in total. The molecule has 0 heterocycles. The average Bonchev–Trinajstić information content (AvgIpc) is 3.06. The van der Waals surface area contributed by atoms with Crippen molar-refractivity contribution < 1.29 is 18.0 Å². The Morgan fingerprint density at radius 3 is 2.44 bits per heavy atom. The van der Waals surface area contributed by atoms with Gasteiger partial charge in [0.1, 0.15) is 0 Å². The monoisotopic (exact) mass is 385 g/mol. The van der Waals surface area contributed by atoms with E-state index in [0.29, 0.717) is 5.02 Å². The predicted molar refractivity (Wildman–Crippen MR) is 94.0 cm³/mol. The third-order valence-electron chi connectivity index (χ3n) is 3.79. The quantitative estimate of drug-likeness (QED) is 0.572. The number of amides is 2. The fourth-order valence-electron chi connectivity index (χ4n) is 2.41. The van der Waals surface area contributed by atoms with Crippen molar-refractivity contribution in [2.45, 2.75) is 24.2 Å². The summed E-state index contributed by atoms with van der Waals surface area (Å²) >= 11 is 5.74. The number of halogens is 1. The summed E-state index contributed by atoms with van der Waals surface area (Å²) in [6.45, 7) is -0.422. The van der Waals surface area contributed by atoms with Gasteiger partial charge in [-0.15, -0.1) is 0 Å². The van der Waals surface area contributed by atoms with Crippen molar-refractivity contribution >= 4 is 33.4 Å². The first-order valence-electron chi connectivity index (χ1n) is 7.75. The summed E-state index contributed by atoms with van der Waals surface area (Å²) in [7, 11) is -2.53. The number of carbonyl (C=O) groups is 2. The Morgan fingerprint density at radius 1 is 1.20 bits per heavy atom. The van der Waals surface area contributed by atoms with E-state index in [2.05, 4.69) is 10.9 Å². The van der Waals surface area contributed by atoms with Crippen LogP contribution in [0.25, 0.3) is 0 Å². The van der Waals surface area contributed by atoms with Gasteiger partial charge in [0.05, 0.1) is 11.4 Å². The van der Waals surface area contributed by atoms with Crippen LogP contribution in [0.15, 0.2) is 41.3 Å². The lowest BCUT2D eigenvalue weighted by Gasteiger charge is -2.17. The van der Waals surface area contributed by atoms with Crippen LogP contribution in [0.5, 0.6) is 0 Å². The van der Waals surface area contributed by atoms with Gasteiger partial charge in [0.2, 0.25) is 15.9 Å². The fraction of sp³-hybridized carbons (Fsp3) is 0.375. The Balaban J connectivity index is 1.83. The summed E-state index contributed by atoms with van der Waals surface area (Å²) in [6.07, 6.45) is 6.16. The van der Waals surface area contributed by atoms with Crippen LogP contribution in [0, 0.1) is 5.92 Å². The number of allylic oxidation sites excluding steroid dienone is 2. The maximum atomic E-state index is 12.4. The van der Waals surface area contributed by atoms with Gasteiger partial charge in [-0.1, -0.05) is 23.8 Å². The number of benzene rings is 1. The molecule has 1 aliphatic rings. The van der Waals surface area contributed by atoms with Crippen LogP contribution < -0.4 is 10.9 Å². The Hall–Kier alpha value is -1.90. The van der Waals surface area contributed by atoms with E-state index in [1.807, 2.05) is 12.2 Å². The second-order valence-electron chi connectivity index (χ2n) is 5.78. The highest BCUT2D eigenvalue weighted by molar-refractivity contribution is 7.89. The topological polar surface area (TPSA) is 95.6 Å². The van der Waals surface area contributed by atoms with E-state index < -0.39 is 22.5 Å². The van der Waals surface area contributed by atoms with Gasteiger partial charge >= 0.3 is 0 Å². The van der Waals surface area contributed by atoms with Gasteiger partial charge < -0.3 is 0 Å². The van der Waals surface area contributed by atoms with Crippen LogP contribution >= 0.6 is 11.6 Å². The molecule has 0 unspecified atom stereocenters. The van der Waals surface area contributed by atoms with Crippen LogP contribution in [0.1, 0.15) is 19.3 Å². The zero-order chi connectivity index (χ0) is 18.4. The number of rotatable bonds is 6. The van der Waals surface area contributed by atoms with Crippen molar-refractivity contribution in [2.24, 2.45) is 5.92 Å². The van der Waals surface area contributed by atoms with Gasteiger partial charge in [-0.3, -0.25) is 20.4 Å². The summed E-state index contributed by atoms with van der Waals surface area (Å²) in [6, 6.07) is 5.64. The van der Waals surface area contributed by atoms with E-state index in [4.69, 9.17) is 11.6 Å². The molecule has 0 aliphatic heterocycles. The number of nitrogens with one attached hydrogen (secondary N) is 2. The average molecular weight is 386 g/mol. The Kier molecular flexibility index (Phi) is 6.57. The molecule has 1 aromatic rings. The van der Waals surface area contributed by atoms with E-state index in [1.54, 1.807) is 0 Å². The normalized spacial score (nSPS) is 16.8. The van der Waals surface area contributed by atoms with Gasteiger partial charge in [-0.25, -0.2) is 8.42 Å². The van der Waals surface area contributed by atoms with Crippen LogP contribution in [0.3, 0.4) is 0 Å². The molecular formula is C16H20ClN3O4S. The van der Waals surface area contributed by atoms with Crippen LogP contribution in [0.2, 0.25) is 5.02 Å². The molecule has 1 aliphatic carbocycles. The van der Waals surface area contributed by atoms with Gasteiger partial charge in [0.15, 0.2) is 0 Å². The zero-order valence-electron chi connectivity index (χ0n) is 13.7. The number of likely N-dealkylation sites (N-methyl/N-ethyl adjacent to an activating group) is 1. The van der Waals surface area contributed by atoms with Crippen molar-refractivity contribution in [2.75, 3.05) is 13.6 Å². The molecule has 0 saturated heterocycles. The Bertz CT molecular complexity index is 762. The summed E-state index contributed by atoms with van der Waals surface area (Å²) in [5.41, 5.74) is 4.53. The van der Waals surface area contributed by atoms with E-state index in [0.717, 1.165) is 17.1 Å². The number of sulfonamides is 1. The van der Waals surface area contributed by atoms with Crippen molar-refractivity contribution in [1.82, 2.24) is 15.2 Å². The molecular weight excluding hydrogens is 366 g/mol. The Labute approximate surface area is 152 Å². The second-order valence-corrected chi connectivity index (χ2v) is 8.26. The molecule has 9 heteroatoms. The summed E-state index contributed by atoms with van der Waals surface area (Å²) in [4.78, 5) is 23.6. The third-order valence-corrected chi connectivity index (χ3v) is 5.86. The molecule has 0 fully saturated rings. The zero-order valence-corrected chi connectivity index (χ0v) is 15.3. The molecule has 0 bridgehead atoms. The maximum Gasteiger partial charge on any atom is 0.253 e. The lowest BCUT2D eigenvalue weighted by atomic mass is 10.1. The summed E-state index contributed by atoms with van der Waals surface area (Å²) in [5, 5.41) is 0.416. The largest absolute Gasteiger partial charge is 0.273 e. The molecule has 0 aromatic heterocycles. The van der Waals surface area contributed by atoms with Crippen LogP contribution in [-0.2, 0) is 19.6 Å². The minimum absolute atomic E-state index is 0.0317. The Morgan fingerprint density at radius 2 is 1.84 bits per heavy atom. The number of carbonyl (C=O) groups excluding carboxylic acids is 2. The highest BCUT2D eigenvalue weighted by Gasteiger charge is 2.23. The standard InChI is InChI=1S/C16H20ClN3O4S/c1-20(25(23,24)14-8-6-13(17)7-9-14)11-16(22)19-18-15(21)10-12-4-2-3-5-12/h2,4,6-9,12H,3,5,10-11H2,1H3,(H,18,21)(H,19,22)/t12-/m0/s1. The summed E-state index contributed by atoms with van der Waals surface area (Å²) in [5.74, 6) is -0.756. The molecule has 2 amide bonds. The molecule has 1 atom stereocenters. The highest BCUT2D eigenvalue weighted by atomic mass is 35.5. The number of nitrogens with zero attached hydrogens (tertiary/aromatic N) is 1. The van der Waals surface area contributed by atoms with E-state index in [1.165, 1.54) is 31.3 Å². The minimum Gasteiger partial charge on any atom is -0.273 e. The molecule has 0 spiro atoms. The SMILES string of the molecule is CN(CC(=O)NNC(=O)C[C@H]1C=CCC1)S(=O)(=O)c1ccc(Cl)cc1. The van der Waals surface area contributed by atoms with Crippen molar-refractivity contribution in [1.29, 1.82) is 0 Å². The van der Waals surface area contributed by atoms with E-state index in [-0.39, 0.29) is 23.1 Å². The van der Waals surface area contributed by atoms with Gasteiger partial charge in [-0.05, 0) is 43.0 Å². The van der Waals surface area contributed by atoms with Crippen LogP contribution in [0.4, 0.5) is 0 Å². The molecule has 25 heavy (non-hydrogen) atoms. The van der Waals surface area contributed by atoms with Gasteiger partial charge in [0, 0.05) is 18.5 Å². The lowest BCUT2D eigenvalue weighted by molar-refractivity contribution is -0.129. The van der Waals surface area contributed by atoms with Crippen molar-refractivity contribution in [3.05, 3.63) is 41.4 Å². The number of hydrazine groups is 1. The molecule has 2 N–H and O–H groups in total. The first kappa shape index (κ1) is 19.4. The summed E-state index contributed by atoms with van der Waals surface area (Å²) < 4.78 is 25.6. The molecule has 0 saturated carbocycles. The van der Waals surface area contributed by atoms with E-state index >= 15 is 0 Å². The van der Waals surface area contributed by atoms with Crippen molar-refractivity contribution in [3.8, 4) is 0 Å². The predicted octanol–water partition coefficient (Wildman–Crippen LogP) is 1.46. The number of hydrogen-bond donors (Lipinski definition) is 2. The number of hydrogen-bond acceptors (Lipinski definition) is 4. The first-order valence-corrected chi connectivity index (χ1v) is 9.57. The van der Waals surface area contributed by atoms with Gasteiger partial charge in [-0.2, -0.15) is 4.31 Å². The van der Waals surface area contributed by atoms with Gasteiger partial charge in [0.25, 0.3) is 5.91 Å². The fourth-order valence-corrected chi connectivity index (χ4v) is 3.66. The molecule has 2 rings (SSSR count). The molecule has 1 aromatic carbocycles.